The second kappa shape index (κ2) is 7.13. The van der Waals surface area contributed by atoms with Crippen molar-refractivity contribution in [3.63, 3.8) is 0 Å². The molecule has 0 spiro atoms. The number of aromatic nitrogens is 2. The third-order valence-corrected chi connectivity index (χ3v) is 3.98. The Hall–Kier alpha value is -3.93. The van der Waals surface area contributed by atoms with Gasteiger partial charge in [0.05, 0.1) is 0 Å². The molecule has 4 aromatic rings. The average molecular weight is 356 g/mol. The van der Waals surface area contributed by atoms with Crippen molar-refractivity contribution in [3.8, 4) is 11.6 Å². The second-order valence-electron chi connectivity index (χ2n) is 5.88. The van der Waals surface area contributed by atoms with Crippen LogP contribution in [0.1, 0.15) is 10.4 Å². The van der Waals surface area contributed by atoms with E-state index in [1.54, 1.807) is 12.1 Å². The molecule has 6 nitrogen and oxygen atoms in total. The first-order valence-electron chi connectivity index (χ1n) is 8.34. The molecule has 0 radical (unpaired) electrons. The fourth-order valence-corrected chi connectivity index (χ4v) is 2.68. The van der Waals surface area contributed by atoms with Crippen LogP contribution in [0.2, 0.25) is 0 Å². The van der Waals surface area contributed by atoms with Gasteiger partial charge in [0.2, 0.25) is 11.8 Å². The lowest BCUT2D eigenvalue weighted by Crippen LogP contribution is -2.15. The van der Waals surface area contributed by atoms with E-state index in [9.17, 15) is 4.79 Å². The van der Waals surface area contributed by atoms with Crippen LogP contribution in [-0.4, -0.2) is 15.9 Å². The molecule has 0 saturated heterocycles. The van der Waals surface area contributed by atoms with Crippen molar-refractivity contribution in [1.82, 2.24) is 9.97 Å². The van der Waals surface area contributed by atoms with Crippen LogP contribution >= 0.6 is 0 Å². The van der Waals surface area contributed by atoms with E-state index in [4.69, 9.17) is 10.5 Å². The summed E-state index contributed by atoms with van der Waals surface area (Å²) < 4.78 is 5.87. The predicted octanol–water partition coefficient (Wildman–Crippen LogP) is 4.26. The molecule has 0 fully saturated rings. The van der Waals surface area contributed by atoms with Gasteiger partial charge in [-0.05, 0) is 35.0 Å². The lowest BCUT2D eigenvalue weighted by molar-refractivity contribution is 0.102. The number of nitrogens with two attached hydrogens (primary N) is 1. The van der Waals surface area contributed by atoms with Gasteiger partial charge < -0.3 is 15.8 Å². The number of hydrogen-bond acceptors (Lipinski definition) is 5. The maximum absolute atomic E-state index is 12.6. The van der Waals surface area contributed by atoms with Gasteiger partial charge >= 0.3 is 0 Å². The molecule has 0 saturated carbocycles. The van der Waals surface area contributed by atoms with E-state index in [1.807, 2.05) is 60.7 Å². The van der Waals surface area contributed by atoms with Crippen LogP contribution in [0.3, 0.4) is 0 Å². The molecule has 132 valence electrons. The minimum Gasteiger partial charge on any atom is -0.438 e. The van der Waals surface area contributed by atoms with Gasteiger partial charge in [0.25, 0.3) is 5.91 Å². The molecule has 3 aromatic carbocycles. The number of para-hydroxylation sites is 1. The van der Waals surface area contributed by atoms with Crippen LogP contribution in [0.4, 0.5) is 11.6 Å². The molecule has 0 unspecified atom stereocenters. The Labute approximate surface area is 155 Å². The summed E-state index contributed by atoms with van der Waals surface area (Å²) in [6, 6.07) is 22.7. The monoisotopic (exact) mass is 356 g/mol. The topological polar surface area (TPSA) is 90.1 Å². The maximum Gasteiger partial charge on any atom is 0.262 e. The zero-order valence-electron chi connectivity index (χ0n) is 14.3. The van der Waals surface area contributed by atoms with Crippen LogP contribution in [0.15, 0.2) is 79.0 Å². The molecule has 27 heavy (non-hydrogen) atoms. The molecular weight excluding hydrogens is 340 g/mol. The van der Waals surface area contributed by atoms with Crippen LogP contribution < -0.4 is 15.8 Å². The summed E-state index contributed by atoms with van der Waals surface area (Å²) in [5.74, 6) is 0.311. The van der Waals surface area contributed by atoms with E-state index >= 15 is 0 Å². The normalized spacial score (nSPS) is 10.5. The number of rotatable bonds is 4. The van der Waals surface area contributed by atoms with Gasteiger partial charge in [0.15, 0.2) is 0 Å². The molecular formula is C21H16N4O2. The second-order valence-corrected chi connectivity index (χ2v) is 5.88. The lowest BCUT2D eigenvalue weighted by atomic mass is 10.1. The minimum absolute atomic E-state index is 0.0297. The third kappa shape index (κ3) is 3.69. The SMILES string of the molecule is Nc1ncc(C(=O)Nc2ccccc2)c(Oc2ccc3ccccc3c2)n1. The summed E-state index contributed by atoms with van der Waals surface area (Å²) in [5.41, 5.74) is 6.55. The van der Waals surface area contributed by atoms with Crippen molar-refractivity contribution in [2.45, 2.75) is 0 Å². The summed E-state index contributed by atoms with van der Waals surface area (Å²) in [7, 11) is 0. The van der Waals surface area contributed by atoms with Gasteiger partial charge in [-0.2, -0.15) is 4.98 Å². The van der Waals surface area contributed by atoms with E-state index in [1.165, 1.54) is 6.20 Å². The fourth-order valence-electron chi connectivity index (χ4n) is 2.68. The Balaban J connectivity index is 1.65. The molecule has 0 aliphatic heterocycles. The number of anilines is 2. The maximum atomic E-state index is 12.6. The first-order valence-corrected chi connectivity index (χ1v) is 8.34. The number of carbonyl (C=O) groups excluding carboxylic acids is 1. The highest BCUT2D eigenvalue weighted by molar-refractivity contribution is 6.05. The summed E-state index contributed by atoms with van der Waals surface area (Å²) in [4.78, 5) is 20.7. The molecule has 6 heteroatoms. The van der Waals surface area contributed by atoms with Crippen molar-refractivity contribution in [3.05, 3.63) is 84.6 Å². The van der Waals surface area contributed by atoms with Crippen molar-refractivity contribution < 1.29 is 9.53 Å². The van der Waals surface area contributed by atoms with Crippen molar-refractivity contribution in [1.29, 1.82) is 0 Å². The van der Waals surface area contributed by atoms with Gasteiger partial charge in [-0.25, -0.2) is 4.98 Å². The lowest BCUT2D eigenvalue weighted by Gasteiger charge is -2.11. The Morgan fingerprint density at radius 2 is 1.67 bits per heavy atom. The highest BCUT2D eigenvalue weighted by Crippen LogP contribution is 2.27. The number of hydrogen-bond donors (Lipinski definition) is 2. The molecule has 1 aromatic heterocycles. The van der Waals surface area contributed by atoms with E-state index in [0.717, 1.165) is 10.8 Å². The molecule has 0 aliphatic carbocycles. The molecule has 3 N–H and O–H groups in total. The molecule has 0 aliphatic rings. The number of ether oxygens (including phenoxy) is 1. The van der Waals surface area contributed by atoms with E-state index in [2.05, 4.69) is 15.3 Å². The summed E-state index contributed by atoms with van der Waals surface area (Å²) in [5, 5.41) is 4.91. The predicted molar refractivity (Wildman–Crippen MR) is 105 cm³/mol. The van der Waals surface area contributed by atoms with Gasteiger partial charge in [-0.15, -0.1) is 0 Å². The van der Waals surface area contributed by atoms with Crippen LogP contribution in [0.5, 0.6) is 11.6 Å². The first-order chi connectivity index (χ1) is 13.2. The summed E-state index contributed by atoms with van der Waals surface area (Å²) >= 11 is 0. The van der Waals surface area contributed by atoms with Crippen molar-refractivity contribution >= 4 is 28.3 Å². The summed E-state index contributed by atoms with van der Waals surface area (Å²) in [6.07, 6.45) is 1.36. The largest absolute Gasteiger partial charge is 0.438 e. The highest BCUT2D eigenvalue weighted by atomic mass is 16.5. The number of nitrogens with one attached hydrogen (secondary N) is 1. The standard InChI is InChI=1S/C21H16N4O2/c22-21-23-13-18(19(26)24-16-8-2-1-3-9-16)20(25-21)27-17-11-10-14-6-4-5-7-15(14)12-17/h1-13H,(H,24,26)(H2,22,23,25). The Kier molecular flexibility index (Phi) is 4.37. The molecule has 4 rings (SSSR count). The Morgan fingerprint density at radius 3 is 2.48 bits per heavy atom. The molecule has 1 heterocycles. The summed E-state index contributed by atoms with van der Waals surface area (Å²) in [6.45, 7) is 0. The van der Waals surface area contributed by atoms with Crippen molar-refractivity contribution in [2.75, 3.05) is 11.1 Å². The van der Waals surface area contributed by atoms with Gasteiger partial charge in [-0.1, -0.05) is 48.5 Å². The highest BCUT2D eigenvalue weighted by Gasteiger charge is 2.17. The van der Waals surface area contributed by atoms with Crippen LogP contribution in [0.25, 0.3) is 10.8 Å². The quantitative estimate of drug-likeness (QED) is 0.570. The zero-order valence-corrected chi connectivity index (χ0v) is 14.3. The van der Waals surface area contributed by atoms with E-state index < -0.39 is 0 Å². The Bertz CT molecular complexity index is 1110. The van der Waals surface area contributed by atoms with Gasteiger partial charge in [0, 0.05) is 11.9 Å². The smallest absolute Gasteiger partial charge is 0.262 e. The number of benzene rings is 3. The molecule has 1 amide bonds. The molecule has 0 atom stereocenters. The van der Waals surface area contributed by atoms with Crippen LogP contribution in [-0.2, 0) is 0 Å². The molecule has 0 bridgehead atoms. The number of carbonyl (C=O) groups is 1. The number of nitrogens with zero attached hydrogens (tertiary/aromatic N) is 2. The fraction of sp³-hybridized carbons (Fsp3) is 0. The third-order valence-electron chi connectivity index (χ3n) is 3.98. The number of nitrogen functional groups attached to an aromatic ring is 1. The Morgan fingerprint density at radius 1 is 0.926 bits per heavy atom. The number of fused-ring (bicyclic) bond motifs is 1. The van der Waals surface area contributed by atoms with Crippen molar-refractivity contribution in [2.24, 2.45) is 0 Å². The van der Waals surface area contributed by atoms with E-state index in [0.29, 0.717) is 11.4 Å². The van der Waals surface area contributed by atoms with Crippen LogP contribution in [0, 0.1) is 0 Å². The van der Waals surface area contributed by atoms with E-state index in [-0.39, 0.29) is 23.3 Å². The minimum atomic E-state index is -0.378. The van der Waals surface area contributed by atoms with Gasteiger partial charge in [0.1, 0.15) is 11.3 Å². The van der Waals surface area contributed by atoms with Gasteiger partial charge in [-0.3, -0.25) is 4.79 Å². The zero-order chi connectivity index (χ0) is 18.6. The first kappa shape index (κ1) is 16.5. The average Bonchev–Trinajstić information content (AvgIpc) is 2.69. The number of amides is 1.